The lowest BCUT2D eigenvalue weighted by molar-refractivity contribution is -0.112. The Kier molecular flexibility index (Phi) is 23.3. The molecule has 0 N–H and O–H groups in total. The number of halogens is 2. The number of hydrogen-bond acceptors (Lipinski definition) is 27. The van der Waals surface area contributed by atoms with Gasteiger partial charge in [-0.3, -0.25) is 47.7 Å². The second-order valence-corrected chi connectivity index (χ2v) is 44.5. The van der Waals surface area contributed by atoms with E-state index in [-0.39, 0.29) is 38.0 Å². The second-order valence-electron chi connectivity index (χ2n) is 32.1. The molecule has 3 aromatic heterocycles. The number of piperidine rings is 4. The van der Waals surface area contributed by atoms with E-state index in [1.807, 2.05) is 18.2 Å². The molecule has 0 amide bonds. The normalized spacial score (nSPS) is 21.0. The number of ether oxygens (including phenoxy) is 4. The summed E-state index contributed by atoms with van der Waals surface area (Å²) in [6.45, 7) is 7.42. The Bertz CT molecular complexity index is 6440. The number of sulfonamides is 4. The number of carbonyl (C=O) groups is 8. The minimum atomic E-state index is -3.80. The molecule has 4 aliphatic carbocycles. The Hall–Kier alpha value is -9.13. The first-order valence-corrected chi connectivity index (χ1v) is 50.3. The van der Waals surface area contributed by atoms with Crippen molar-refractivity contribution in [1.29, 1.82) is 0 Å². The lowest BCUT2D eigenvalue weighted by Gasteiger charge is -2.45. The summed E-state index contributed by atoms with van der Waals surface area (Å²) in [5, 5.41) is 8.87. The van der Waals surface area contributed by atoms with Crippen LogP contribution in [-0.4, -0.2) is 224 Å². The van der Waals surface area contributed by atoms with Gasteiger partial charge in [0.05, 0.1) is 28.3 Å². The maximum Gasteiger partial charge on any atom is 0.262 e. The lowest BCUT2D eigenvalue weighted by Crippen LogP contribution is -2.51. The number of benzene rings is 5. The van der Waals surface area contributed by atoms with Gasteiger partial charge in [0.1, 0.15) is 80.0 Å². The molecule has 4 spiro atoms. The molecule has 0 saturated carbocycles. The van der Waals surface area contributed by atoms with Crippen LogP contribution in [0.5, 0.6) is 0 Å². The van der Waals surface area contributed by atoms with Crippen molar-refractivity contribution in [3.8, 4) is 0 Å². The average Bonchev–Trinajstić information content (AvgIpc) is 1.20. The molecule has 5 aromatic carbocycles. The summed E-state index contributed by atoms with van der Waals surface area (Å²) in [7, 11) is -9.71. The number of carbonyl (C=O) groups excluding carboxylic acids is 8. The van der Waals surface area contributed by atoms with Gasteiger partial charge in [-0.15, -0.1) is 47.0 Å². The third-order valence-electron chi connectivity index (χ3n) is 24.3. The smallest absolute Gasteiger partial charge is 0.262 e. The molecule has 8 aliphatic heterocycles. The molecule has 0 bridgehead atoms. The Morgan fingerprint density at radius 3 is 0.944 bits per heavy atom. The van der Waals surface area contributed by atoms with Gasteiger partial charge in [-0.05, 0) is 39.0 Å². The van der Waals surface area contributed by atoms with E-state index in [1.54, 1.807) is 142 Å². The van der Waals surface area contributed by atoms with Crippen LogP contribution in [0.25, 0.3) is 23.0 Å². The van der Waals surface area contributed by atoms with Crippen LogP contribution in [0.3, 0.4) is 0 Å². The molecule has 40 heteroatoms. The van der Waals surface area contributed by atoms with Crippen LogP contribution in [-0.2, 0) is 99.4 Å². The van der Waals surface area contributed by atoms with Crippen LogP contribution < -0.4 is 0 Å². The number of imidazole rings is 1. The molecular formula is C85H80Cl2N10O20S8. The Labute approximate surface area is 747 Å². The molecular weight excluding hydrogens is 1810 g/mol. The van der Waals surface area contributed by atoms with E-state index < -0.39 is 109 Å². The summed E-state index contributed by atoms with van der Waals surface area (Å²) >= 11 is 17.5. The standard InChI is InChI=1S/C22H18ClNO5S2.C22H23N3O5S2.C21H20ClN3O5S2.C20H19N3O5S2/c23-14-4-3-5-15(12-14)31(27,28)24-10-8-22(9-11-24)13-30-21-19(26)18(25)16-6-1-2-7-17(16)20(21)29-22;1-13-21(14(2)24(3)23-13)32(28,29)25-10-8-22(9-11-25)12-31-20-18(27)17(26)15-6-4-5-7-16(15)19(20)30-22;1-12-19(20(22)24(2)23-12)32(28,29)25-9-7-21(8-10-25)11-31-18-16(27)15(26)13-5-3-4-6-14(13)17(18)30-21;1-22-10-15(21-12-22)30(26,27)23-8-6-20(7-9-23)11-29-19-17(25)16(24)13-4-2-3-5-14(13)18(19)28-20/h1-7,12H,8-11,13H2;4-7H,8-12H2,1-3H3;3-6H,7-11H2,1-2H3;2-5,10,12H,6-9,11H2,1H3. The highest BCUT2D eigenvalue weighted by Crippen LogP contribution is 2.53. The van der Waals surface area contributed by atoms with Gasteiger partial charge in [0.2, 0.25) is 76.3 Å². The molecule has 4 fully saturated rings. The number of aromatic nitrogens is 6. The molecule has 4 saturated heterocycles. The van der Waals surface area contributed by atoms with Gasteiger partial charge in [-0.2, -0.15) is 27.4 Å². The van der Waals surface area contributed by atoms with Crippen molar-refractivity contribution in [2.75, 3.05) is 75.4 Å². The lowest BCUT2D eigenvalue weighted by atomic mass is 9.90. The zero-order valence-electron chi connectivity index (χ0n) is 68.0. The average molecular weight is 1890 g/mol. The number of ketones is 8. The van der Waals surface area contributed by atoms with E-state index in [1.165, 1.54) is 93.6 Å². The summed E-state index contributed by atoms with van der Waals surface area (Å²) < 4.78 is 141. The van der Waals surface area contributed by atoms with Crippen molar-refractivity contribution < 1.29 is 91.0 Å². The molecule has 20 rings (SSSR count). The fourth-order valence-electron chi connectivity index (χ4n) is 17.3. The number of allylic oxidation sites excluding steroid dienone is 4. The summed E-state index contributed by atoms with van der Waals surface area (Å²) in [5.74, 6) is -0.394. The van der Waals surface area contributed by atoms with Crippen LogP contribution in [0.4, 0.5) is 0 Å². The number of hydrogen-bond donors (Lipinski definition) is 0. The molecule has 0 unspecified atom stereocenters. The van der Waals surface area contributed by atoms with E-state index in [4.69, 9.17) is 42.1 Å². The zero-order chi connectivity index (χ0) is 88.6. The third-order valence-corrected chi connectivity index (χ3v) is 38.3. The zero-order valence-corrected chi connectivity index (χ0v) is 76.0. The van der Waals surface area contributed by atoms with E-state index in [9.17, 15) is 72.0 Å². The predicted octanol–water partition coefficient (Wildman–Crippen LogP) is 10.9. The van der Waals surface area contributed by atoms with Gasteiger partial charge in [0.25, 0.3) is 10.0 Å². The van der Waals surface area contributed by atoms with Crippen LogP contribution in [0, 0.1) is 20.8 Å². The third kappa shape index (κ3) is 15.6. The first-order chi connectivity index (χ1) is 59.4. The monoisotopic (exact) mass is 1890 g/mol. The van der Waals surface area contributed by atoms with Gasteiger partial charge in [-0.25, -0.2) is 38.7 Å². The SMILES string of the molecule is Cc1nn(C)c(C)c1S(=O)(=O)N1CCC2(CC1)CSC1=C(O2)c2ccccc2C(=O)C1=O.Cc1nn(C)c(Cl)c1S(=O)(=O)N1CCC2(CC1)CSC1=C(O2)c2ccccc2C(=O)C1=O.Cn1cnc(S(=O)(=O)N2CCC3(CC2)CSC2=C(O3)c3ccccc3C(=O)C2=O)c1.O=C1C(=O)c2ccccc2C2=C1SCC1(CCN(S(=O)(=O)c3cccc(Cl)c3)CC1)O2. The number of nitrogens with zero attached hydrogens (tertiary/aromatic N) is 10. The number of thioether (sulfide) groups is 4. The van der Waals surface area contributed by atoms with Gasteiger partial charge >= 0.3 is 0 Å². The van der Waals surface area contributed by atoms with Crippen molar-refractivity contribution in [3.05, 3.63) is 225 Å². The number of rotatable bonds is 8. The molecule has 11 heterocycles. The van der Waals surface area contributed by atoms with Crippen LogP contribution in [0.2, 0.25) is 10.2 Å². The van der Waals surface area contributed by atoms with Gasteiger partial charge in [0, 0.05) is 204 Å². The van der Waals surface area contributed by atoms with Crippen LogP contribution in [0.1, 0.15) is 132 Å². The van der Waals surface area contributed by atoms with Gasteiger partial charge in [0.15, 0.2) is 5.03 Å². The van der Waals surface area contributed by atoms with Crippen molar-refractivity contribution in [1.82, 2.24) is 46.3 Å². The largest absolute Gasteiger partial charge is 0.484 e. The minimum Gasteiger partial charge on any atom is -0.484 e. The van der Waals surface area contributed by atoms with E-state index in [2.05, 4.69) is 15.2 Å². The van der Waals surface area contributed by atoms with Crippen LogP contribution in [0.15, 0.2) is 173 Å². The van der Waals surface area contributed by atoms with Gasteiger partial charge < -0.3 is 23.5 Å². The fraction of sp³-hybridized carbons (Fsp3) is 0.353. The molecule has 8 aromatic rings. The second kappa shape index (κ2) is 33.2. The summed E-state index contributed by atoms with van der Waals surface area (Å²) in [6.07, 6.45) is 6.82. The Morgan fingerprint density at radius 2 is 0.656 bits per heavy atom. The van der Waals surface area contributed by atoms with E-state index >= 15 is 0 Å². The number of aryl methyl sites for hydroxylation is 5. The maximum atomic E-state index is 13.3. The maximum absolute atomic E-state index is 13.3. The van der Waals surface area contributed by atoms with Crippen molar-refractivity contribution >= 4 is 180 Å². The Morgan fingerprint density at radius 1 is 0.360 bits per heavy atom. The van der Waals surface area contributed by atoms with Gasteiger partial charge in [-0.1, -0.05) is 126 Å². The fourth-order valence-corrected chi connectivity index (χ4v) is 29.5. The molecule has 0 atom stereocenters. The highest BCUT2D eigenvalue weighted by molar-refractivity contribution is 8.05. The minimum absolute atomic E-state index is 0.0341. The first kappa shape index (κ1) is 87.9. The first-order valence-electron chi connectivity index (χ1n) is 39.8. The molecule has 652 valence electrons. The van der Waals surface area contributed by atoms with Crippen molar-refractivity contribution in [2.45, 2.75) is 114 Å². The number of Topliss-reactive ketones (excluding diaryl/α,β-unsaturated/α-hetero) is 8. The molecule has 12 aliphatic rings. The molecule has 30 nitrogen and oxygen atoms in total. The van der Waals surface area contributed by atoms with Crippen LogP contribution >= 0.6 is 70.2 Å². The van der Waals surface area contributed by atoms with E-state index in [0.717, 1.165) is 0 Å². The summed E-state index contributed by atoms with van der Waals surface area (Å²) in [6, 6.07) is 34.1. The highest BCUT2D eigenvalue weighted by Gasteiger charge is 2.54. The molecule has 125 heavy (non-hydrogen) atoms. The number of fused-ring (bicyclic) bond motifs is 8. The highest BCUT2D eigenvalue weighted by atomic mass is 35.5. The van der Waals surface area contributed by atoms with Crippen molar-refractivity contribution in [2.24, 2.45) is 21.1 Å². The van der Waals surface area contributed by atoms with E-state index in [0.29, 0.717) is 223 Å². The quantitative estimate of drug-likeness (QED) is 0.128. The summed E-state index contributed by atoms with van der Waals surface area (Å²) in [4.78, 5) is 106. The van der Waals surface area contributed by atoms with Crippen molar-refractivity contribution in [3.63, 3.8) is 0 Å². The topological polar surface area (TPSA) is 376 Å². The Balaban J connectivity index is 0.000000118. The summed E-state index contributed by atoms with van der Waals surface area (Å²) in [5.41, 5.74) is 3.03. The predicted molar refractivity (Wildman–Crippen MR) is 468 cm³/mol. The molecule has 0 radical (unpaired) electrons.